The van der Waals surface area contributed by atoms with Crippen LogP contribution in [0.25, 0.3) is 0 Å². The number of anilines is 1. The summed E-state index contributed by atoms with van der Waals surface area (Å²) in [5, 5.41) is 16.4. The van der Waals surface area contributed by atoms with Gasteiger partial charge in [-0.05, 0) is 17.7 Å². The van der Waals surface area contributed by atoms with Crippen molar-refractivity contribution in [2.45, 2.75) is 12.5 Å². The SMILES string of the molecule is OCC1CC(c2ccc(N3CCNCC3)cc2)=NO1. The van der Waals surface area contributed by atoms with Gasteiger partial charge >= 0.3 is 0 Å². The summed E-state index contributed by atoms with van der Waals surface area (Å²) in [5.41, 5.74) is 3.25. The first-order chi connectivity index (χ1) is 9.36. The molecule has 2 heterocycles. The Hall–Kier alpha value is -1.59. The molecule has 0 bridgehead atoms. The predicted molar refractivity (Wildman–Crippen MR) is 74.6 cm³/mol. The van der Waals surface area contributed by atoms with Crippen LogP contribution in [-0.2, 0) is 4.84 Å². The molecule has 1 unspecified atom stereocenters. The third kappa shape index (κ3) is 2.72. The van der Waals surface area contributed by atoms with E-state index in [1.54, 1.807) is 0 Å². The van der Waals surface area contributed by atoms with E-state index >= 15 is 0 Å². The number of aliphatic hydroxyl groups is 1. The average molecular weight is 261 g/mol. The van der Waals surface area contributed by atoms with Gasteiger partial charge in [-0.15, -0.1) is 0 Å². The zero-order valence-corrected chi connectivity index (χ0v) is 10.9. The Morgan fingerprint density at radius 1 is 1.26 bits per heavy atom. The van der Waals surface area contributed by atoms with Crippen LogP contribution in [0.4, 0.5) is 5.69 Å². The summed E-state index contributed by atoms with van der Waals surface area (Å²) in [7, 11) is 0. The number of hydrogen-bond donors (Lipinski definition) is 2. The van der Waals surface area contributed by atoms with Crippen molar-refractivity contribution in [1.82, 2.24) is 5.32 Å². The molecule has 0 aromatic heterocycles. The highest BCUT2D eigenvalue weighted by Gasteiger charge is 2.21. The molecule has 0 aliphatic carbocycles. The summed E-state index contributed by atoms with van der Waals surface area (Å²) in [6.45, 7) is 4.21. The fraction of sp³-hybridized carbons (Fsp3) is 0.500. The zero-order valence-electron chi connectivity index (χ0n) is 10.9. The highest BCUT2D eigenvalue weighted by atomic mass is 16.6. The zero-order chi connectivity index (χ0) is 13.1. The number of rotatable bonds is 3. The molecule has 0 spiro atoms. The minimum atomic E-state index is -0.178. The van der Waals surface area contributed by atoms with Gasteiger partial charge in [0.15, 0.2) is 6.10 Å². The van der Waals surface area contributed by atoms with E-state index in [1.807, 2.05) is 0 Å². The Morgan fingerprint density at radius 3 is 2.63 bits per heavy atom. The maximum atomic E-state index is 9.03. The molecule has 19 heavy (non-hydrogen) atoms. The van der Waals surface area contributed by atoms with E-state index in [4.69, 9.17) is 9.94 Å². The fourth-order valence-corrected chi connectivity index (χ4v) is 2.48. The van der Waals surface area contributed by atoms with Crippen LogP contribution >= 0.6 is 0 Å². The van der Waals surface area contributed by atoms with Crippen molar-refractivity contribution in [2.24, 2.45) is 5.16 Å². The van der Waals surface area contributed by atoms with E-state index in [2.05, 4.69) is 39.6 Å². The van der Waals surface area contributed by atoms with Crippen LogP contribution in [0.3, 0.4) is 0 Å². The molecule has 0 radical (unpaired) electrons. The molecular weight excluding hydrogens is 242 g/mol. The second-order valence-corrected chi connectivity index (χ2v) is 4.94. The lowest BCUT2D eigenvalue weighted by Gasteiger charge is -2.29. The number of aliphatic hydroxyl groups excluding tert-OH is 1. The van der Waals surface area contributed by atoms with Crippen molar-refractivity contribution in [1.29, 1.82) is 0 Å². The van der Waals surface area contributed by atoms with Crippen molar-refractivity contribution in [2.75, 3.05) is 37.7 Å². The Balaban J connectivity index is 1.69. The number of piperazine rings is 1. The van der Waals surface area contributed by atoms with Gasteiger partial charge in [0.05, 0.1) is 12.3 Å². The van der Waals surface area contributed by atoms with Gasteiger partial charge in [0.1, 0.15) is 0 Å². The predicted octanol–water partition coefficient (Wildman–Crippen LogP) is 0.581. The summed E-state index contributed by atoms with van der Waals surface area (Å²) in [5.74, 6) is 0. The molecular formula is C14H19N3O2. The maximum absolute atomic E-state index is 9.03. The summed E-state index contributed by atoms with van der Waals surface area (Å²) in [6, 6.07) is 8.43. The first-order valence-corrected chi connectivity index (χ1v) is 6.76. The topological polar surface area (TPSA) is 57.1 Å². The van der Waals surface area contributed by atoms with E-state index in [0.29, 0.717) is 6.42 Å². The van der Waals surface area contributed by atoms with Gasteiger partial charge in [0.25, 0.3) is 0 Å². The Bertz CT molecular complexity index is 452. The molecule has 1 aromatic rings. The molecule has 5 nitrogen and oxygen atoms in total. The second-order valence-electron chi connectivity index (χ2n) is 4.94. The smallest absolute Gasteiger partial charge is 0.156 e. The van der Waals surface area contributed by atoms with Crippen molar-refractivity contribution in [3.63, 3.8) is 0 Å². The van der Waals surface area contributed by atoms with E-state index < -0.39 is 0 Å². The number of hydrogen-bond acceptors (Lipinski definition) is 5. The van der Waals surface area contributed by atoms with Crippen LogP contribution < -0.4 is 10.2 Å². The lowest BCUT2D eigenvalue weighted by molar-refractivity contribution is 0.0390. The fourth-order valence-electron chi connectivity index (χ4n) is 2.48. The molecule has 102 valence electrons. The van der Waals surface area contributed by atoms with E-state index in [1.165, 1.54) is 5.69 Å². The van der Waals surface area contributed by atoms with Crippen LogP contribution in [0.1, 0.15) is 12.0 Å². The van der Waals surface area contributed by atoms with Gasteiger partial charge < -0.3 is 20.2 Å². The van der Waals surface area contributed by atoms with Gasteiger partial charge in [-0.1, -0.05) is 17.3 Å². The van der Waals surface area contributed by atoms with E-state index in [9.17, 15) is 0 Å². The van der Waals surface area contributed by atoms with E-state index in [-0.39, 0.29) is 12.7 Å². The standard InChI is InChI=1S/C14H19N3O2/c18-10-13-9-14(16-19-13)11-1-3-12(4-2-11)17-7-5-15-6-8-17/h1-4,13,15,18H,5-10H2. The normalized spacial score (nSPS) is 23.1. The number of nitrogens with one attached hydrogen (secondary N) is 1. The number of oxime groups is 1. The molecule has 1 fully saturated rings. The van der Waals surface area contributed by atoms with Crippen LogP contribution in [-0.4, -0.2) is 49.7 Å². The van der Waals surface area contributed by atoms with Gasteiger partial charge in [0, 0.05) is 38.3 Å². The lowest BCUT2D eigenvalue weighted by Crippen LogP contribution is -2.43. The molecule has 1 atom stereocenters. The average Bonchev–Trinajstić information content (AvgIpc) is 2.97. The third-order valence-electron chi connectivity index (χ3n) is 3.62. The Labute approximate surface area is 112 Å². The maximum Gasteiger partial charge on any atom is 0.156 e. The van der Waals surface area contributed by atoms with Gasteiger partial charge in [-0.2, -0.15) is 0 Å². The lowest BCUT2D eigenvalue weighted by atomic mass is 10.0. The number of benzene rings is 1. The monoisotopic (exact) mass is 261 g/mol. The van der Waals surface area contributed by atoms with Crippen molar-refractivity contribution in [3.8, 4) is 0 Å². The molecule has 2 N–H and O–H groups in total. The van der Waals surface area contributed by atoms with Crippen molar-refractivity contribution in [3.05, 3.63) is 29.8 Å². The van der Waals surface area contributed by atoms with Gasteiger partial charge in [-0.25, -0.2) is 0 Å². The van der Waals surface area contributed by atoms with Crippen LogP contribution in [0.15, 0.2) is 29.4 Å². The summed E-state index contributed by atoms with van der Waals surface area (Å²) in [4.78, 5) is 7.51. The molecule has 5 heteroatoms. The van der Waals surface area contributed by atoms with Crippen LogP contribution in [0.5, 0.6) is 0 Å². The highest BCUT2D eigenvalue weighted by molar-refractivity contribution is 6.01. The molecule has 2 aliphatic rings. The summed E-state index contributed by atoms with van der Waals surface area (Å²) in [6.07, 6.45) is 0.506. The molecule has 2 aliphatic heterocycles. The molecule has 1 saturated heterocycles. The second kappa shape index (κ2) is 5.59. The first kappa shape index (κ1) is 12.4. The van der Waals surface area contributed by atoms with Gasteiger partial charge in [-0.3, -0.25) is 0 Å². The van der Waals surface area contributed by atoms with E-state index in [0.717, 1.165) is 37.5 Å². The Morgan fingerprint density at radius 2 is 2.00 bits per heavy atom. The van der Waals surface area contributed by atoms with Gasteiger partial charge in [0.2, 0.25) is 0 Å². The van der Waals surface area contributed by atoms with Crippen LogP contribution in [0, 0.1) is 0 Å². The van der Waals surface area contributed by atoms with Crippen LogP contribution in [0.2, 0.25) is 0 Å². The molecule has 1 aromatic carbocycles. The minimum Gasteiger partial charge on any atom is -0.392 e. The highest BCUT2D eigenvalue weighted by Crippen LogP contribution is 2.20. The minimum absolute atomic E-state index is 0.0197. The summed E-state index contributed by atoms with van der Waals surface area (Å²) >= 11 is 0. The Kier molecular flexibility index (Phi) is 3.66. The molecule has 0 amide bonds. The van der Waals surface area contributed by atoms with Crippen molar-refractivity contribution >= 4 is 11.4 Å². The summed E-state index contributed by atoms with van der Waals surface area (Å²) < 4.78 is 0. The largest absolute Gasteiger partial charge is 0.392 e. The quantitative estimate of drug-likeness (QED) is 0.836. The third-order valence-corrected chi connectivity index (χ3v) is 3.62. The first-order valence-electron chi connectivity index (χ1n) is 6.76. The number of nitrogens with zero attached hydrogens (tertiary/aromatic N) is 2. The molecule has 0 saturated carbocycles. The molecule has 3 rings (SSSR count). The van der Waals surface area contributed by atoms with Crippen molar-refractivity contribution < 1.29 is 9.94 Å².